The number of nitrogens with zero attached hydrogens (tertiary/aromatic N) is 1. The molecule has 3 rings (SSSR count). The molecule has 0 N–H and O–H groups in total. The van der Waals surface area contributed by atoms with Gasteiger partial charge in [-0.15, -0.1) is 0 Å². The molecule has 0 aromatic heterocycles. The first kappa shape index (κ1) is 18.1. The van der Waals surface area contributed by atoms with Gasteiger partial charge in [0.1, 0.15) is 0 Å². The third kappa shape index (κ3) is 4.30. The standard InChI is InChI=1S/C19H20BrNO3S/c20-16-9-6-15(7-10-16)8-11-19(22)21-13-12-18(14-21)25(23,24)17-4-2-1-3-5-17/h1-7,9-10,18H,8,11-14H2. The molecule has 1 aliphatic rings. The average Bonchev–Trinajstić information content (AvgIpc) is 3.13. The summed E-state index contributed by atoms with van der Waals surface area (Å²) in [6.07, 6.45) is 1.57. The van der Waals surface area contributed by atoms with Gasteiger partial charge in [0.05, 0.1) is 10.1 Å². The normalized spacial score (nSPS) is 17.6. The highest BCUT2D eigenvalue weighted by atomic mass is 79.9. The van der Waals surface area contributed by atoms with Gasteiger partial charge in [0, 0.05) is 24.0 Å². The van der Waals surface area contributed by atoms with E-state index in [-0.39, 0.29) is 12.5 Å². The van der Waals surface area contributed by atoms with Gasteiger partial charge >= 0.3 is 0 Å². The number of amides is 1. The Bertz CT molecular complexity index is 835. The summed E-state index contributed by atoms with van der Waals surface area (Å²) in [5, 5.41) is -0.508. The second-order valence-electron chi connectivity index (χ2n) is 6.23. The van der Waals surface area contributed by atoms with E-state index in [1.165, 1.54) is 0 Å². The summed E-state index contributed by atoms with van der Waals surface area (Å²) in [7, 11) is -3.38. The van der Waals surface area contributed by atoms with Crippen LogP contribution in [0.25, 0.3) is 0 Å². The predicted molar refractivity (Wildman–Crippen MR) is 101 cm³/mol. The highest BCUT2D eigenvalue weighted by molar-refractivity contribution is 9.10. The first-order valence-corrected chi connectivity index (χ1v) is 10.6. The number of carbonyl (C=O) groups excluding carboxylic acids is 1. The Hall–Kier alpha value is -1.66. The van der Waals surface area contributed by atoms with E-state index < -0.39 is 15.1 Å². The van der Waals surface area contributed by atoms with Crippen LogP contribution in [0.3, 0.4) is 0 Å². The van der Waals surface area contributed by atoms with Gasteiger partial charge in [0.2, 0.25) is 5.91 Å². The zero-order valence-electron chi connectivity index (χ0n) is 13.8. The number of aryl methyl sites for hydroxylation is 1. The lowest BCUT2D eigenvalue weighted by Gasteiger charge is -2.17. The molecule has 0 radical (unpaired) electrons. The molecular weight excluding hydrogens is 402 g/mol. The van der Waals surface area contributed by atoms with Crippen molar-refractivity contribution in [3.63, 3.8) is 0 Å². The van der Waals surface area contributed by atoms with Gasteiger partial charge < -0.3 is 4.90 Å². The highest BCUT2D eigenvalue weighted by Gasteiger charge is 2.35. The topological polar surface area (TPSA) is 54.5 Å². The smallest absolute Gasteiger partial charge is 0.222 e. The molecule has 0 spiro atoms. The van der Waals surface area contributed by atoms with Crippen molar-refractivity contribution >= 4 is 31.7 Å². The lowest BCUT2D eigenvalue weighted by atomic mass is 10.1. The van der Waals surface area contributed by atoms with Crippen LogP contribution in [0.2, 0.25) is 0 Å². The van der Waals surface area contributed by atoms with Crippen LogP contribution in [-0.4, -0.2) is 37.6 Å². The van der Waals surface area contributed by atoms with Crippen molar-refractivity contribution in [1.82, 2.24) is 4.90 Å². The Kier molecular flexibility index (Phi) is 5.59. The minimum atomic E-state index is -3.38. The predicted octanol–water partition coefficient (Wildman–Crippen LogP) is 3.46. The summed E-state index contributed by atoms with van der Waals surface area (Å²) < 4.78 is 26.4. The van der Waals surface area contributed by atoms with E-state index in [0.29, 0.717) is 30.7 Å². The van der Waals surface area contributed by atoms with Gasteiger partial charge in [0.15, 0.2) is 9.84 Å². The van der Waals surface area contributed by atoms with Crippen molar-refractivity contribution < 1.29 is 13.2 Å². The molecule has 6 heteroatoms. The van der Waals surface area contributed by atoms with Gasteiger partial charge in [0.25, 0.3) is 0 Å². The van der Waals surface area contributed by atoms with E-state index in [2.05, 4.69) is 15.9 Å². The largest absolute Gasteiger partial charge is 0.341 e. The Labute approximate surface area is 156 Å². The summed E-state index contributed by atoms with van der Waals surface area (Å²) in [4.78, 5) is 14.4. The maximum absolute atomic E-state index is 12.7. The van der Waals surface area contributed by atoms with Gasteiger partial charge in [-0.05, 0) is 42.7 Å². The van der Waals surface area contributed by atoms with E-state index in [1.807, 2.05) is 24.3 Å². The average molecular weight is 422 g/mol. The second-order valence-corrected chi connectivity index (χ2v) is 9.38. The fraction of sp³-hybridized carbons (Fsp3) is 0.316. The highest BCUT2D eigenvalue weighted by Crippen LogP contribution is 2.24. The molecule has 0 bridgehead atoms. The first-order chi connectivity index (χ1) is 12.0. The summed E-state index contributed by atoms with van der Waals surface area (Å²) in [5.41, 5.74) is 1.10. The molecule has 4 nitrogen and oxygen atoms in total. The van der Waals surface area contributed by atoms with Gasteiger partial charge in [-0.2, -0.15) is 0 Å². The van der Waals surface area contributed by atoms with Crippen LogP contribution in [0, 0.1) is 0 Å². The third-order valence-corrected chi connectivity index (χ3v) is 7.27. The van der Waals surface area contributed by atoms with Gasteiger partial charge in [-0.25, -0.2) is 8.42 Å². The van der Waals surface area contributed by atoms with Gasteiger partial charge in [-0.1, -0.05) is 46.3 Å². The molecule has 1 saturated heterocycles. The molecule has 1 heterocycles. The molecule has 1 fully saturated rings. The van der Waals surface area contributed by atoms with E-state index in [9.17, 15) is 13.2 Å². The number of benzene rings is 2. The lowest BCUT2D eigenvalue weighted by molar-refractivity contribution is -0.130. The molecule has 1 amide bonds. The molecule has 1 atom stereocenters. The van der Waals surface area contributed by atoms with Crippen molar-refractivity contribution in [2.45, 2.75) is 29.4 Å². The molecule has 25 heavy (non-hydrogen) atoms. The monoisotopic (exact) mass is 421 g/mol. The van der Waals surface area contributed by atoms with Crippen LogP contribution in [-0.2, 0) is 21.1 Å². The molecular formula is C19H20BrNO3S. The van der Waals surface area contributed by atoms with Crippen LogP contribution in [0.5, 0.6) is 0 Å². The Morgan fingerprint density at radius 1 is 1.08 bits per heavy atom. The van der Waals surface area contributed by atoms with Crippen LogP contribution >= 0.6 is 15.9 Å². The number of halogens is 1. The van der Waals surface area contributed by atoms with Crippen LogP contribution < -0.4 is 0 Å². The molecule has 0 saturated carbocycles. The molecule has 1 aliphatic heterocycles. The maximum Gasteiger partial charge on any atom is 0.222 e. The van der Waals surface area contributed by atoms with Crippen molar-refractivity contribution in [3.05, 3.63) is 64.6 Å². The molecule has 2 aromatic carbocycles. The SMILES string of the molecule is O=C(CCc1ccc(Br)cc1)N1CCC(S(=O)(=O)c2ccccc2)C1. The van der Waals surface area contributed by atoms with Crippen LogP contribution in [0.1, 0.15) is 18.4 Å². The third-order valence-electron chi connectivity index (χ3n) is 4.55. The van der Waals surface area contributed by atoms with Crippen LogP contribution in [0.15, 0.2) is 64.0 Å². The summed E-state index contributed by atoms with van der Waals surface area (Å²) in [6.45, 7) is 0.798. The van der Waals surface area contributed by atoms with E-state index >= 15 is 0 Å². The van der Waals surface area contributed by atoms with E-state index in [0.717, 1.165) is 10.0 Å². The van der Waals surface area contributed by atoms with E-state index in [1.54, 1.807) is 35.2 Å². The fourth-order valence-corrected chi connectivity index (χ4v) is 5.05. The summed E-state index contributed by atoms with van der Waals surface area (Å²) in [6, 6.07) is 16.4. The number of hydrogen-bond donors (Lipinski definition) is 0. The minimum absolute atomic E-state index is 0.0219. The number of likely N-dealkylation sites (tertiary alicyclic amines) is 1. The first-order valence-electron chi connectivity index (χ1n) is 8.28. The Balaban J connectivity index is 1.58. The Morgan fingerprint density at radius 3 is 2.44 bits per heavy atom. The van der Waals surface area contributed by atoms with Gasteiger partial charge in [-0.3, -0.25) is 4.79 Å². The minimum Gasteiger partial charge on any atom is -0.341 e. The zero-order valence-corrected chi connectivity index (χ0v) is 16.2. The van der Waals surface area contributed by atoms with Crippen LogP contribution in [0.4, 0.5) is 0 Å². The lowest BCUT2D eigenvalue weighted by Crippen LogP contribution is -2.32. The summed E-state index contributed by atoms with van der Waals surface area (Å²) >= 11 is 3.39. The molecule has 0 aliphatic carbocycles. The number of carbonyl (C=O) groups is 1. The van der Waals surface area contributed by atoms with E-state index in [4.69, 9.17) is 0 Å². The second kappa shape index (κ2) is 7.70. The number of hydrogen-bond acceptors (Lipinski definition) is 3. The number of rotatable bonds is 5. The zero-order chi connectivity index (χ0) is 17.9. The Morgan fingerprint density at radius 2 is 1.76 bits per heavy atom. The van der Waals surface area contributed by atoms with Crippen molar-refractivity contribution in [3.8, 4) is 0 Å². The summed E-state index contributed by atoms with van der Waals surface area (Å²) in [5.74, 6) is 0.0219. The number of sulfone groups is 1. The maximum atomic E-state index is 12.7. The molecule has 132 valence electrons. The van der Waals surface area contributed by atoms with Crippen molar-refractivity contribution in [2.75, 3.05) is 13.1 Å². The van der Waals surface area contributed by atoms with Crippen molar-refractivity contribution in [1.29, 1.82) is 0 Å². The fourth-order valence-electron chi connectivity index (χ4n) is 3.07. The quantitative estimate of drug-likeness (QED) is 0.742. The molecule has 2 aromatic rings. The van der Waals surface area contributed by atoms with Crippen molar-refractivity contribution in [2.24, 2.45) is 0 Å². The molecule has 1 unspecified atom stereocenters.